The highest BCUT2D eigenvalue weighted by Gasteiger charge is 2.15. The smallest absolute Gasteiger partial charge is 0.241 e. The number of carbonyl (C=O) groups is 1. The molecule has 0 saturated heterocycles. The fraction of sp³-hybridized carbons (Fsp3) is 0.417. The lowest BCUT2D eigenvalue weighted by molar-refractivity contribution is -0.117. The van der Waals surface area contributed by atoms with Gasteiger partial charge in [0.25, 0.3) is 0 Å². The molecule has 1 aromatic rings. The molecule has 1 rings (SSSR count). The van der Waals surface area contributed by atoms with E-state index in [4.69, 9.17) is 28.9 Å². The molecular formula is C12H16Cl2N2O. The Morgan fingerprint density at radius 1 is 1.35 bits per heavy atom. The molecule has 0 radical (unpaired) electrons. The molecule has 0 aromatic heterocycles. The first-order valence-corrected chi connectivity index (χ1v) is 6.17. The first-order valence-electron chi connectivity index (χ1n) is 5.41. The van der Waals surface area contributed by atoms with Crippen LogP contribution in [0.5, 0.6) is 0 Å². The Labute approximate surface area is 111 Å². The first-order chi connectivity index (χ1) is 7.90. The van der Waals surface area contributed by atoms with Crippen LogP contribution in [0.15, 0.2) is 18.2 Å². The third kappa shape index (κ3) is 4.54. The number of carbonyl (C=O) groups excluding carboxylic acids is 1. The third-order valence-corrected chi connectivity index (χ3v) is 2.99. The molecule has 1 aromatic carbocycles. The Kier molecular flexibility index (Phi) is 5.25. The summed E-state index contributed by atoms with van der Waals surface area (Å²) in [6.07, 6.45) is 0.646. The molecule has 1 amide bonds. The van der Waals surface area contributed by atoms with Crippen LogP contribution >= 0.6 is 23.2 Å². The molecule has 1 atom stereocenters. The lowest BCUT2D eigenvalue weighted by Gasteiger charge is -2.14. The van der Waals surface area contributed by atoms with Gasteiger partial charge in [0.1, 0.15) is 0 Å². The zero-order chi connectivity index (χ0) is 13.0. The predicted molar refractivity (Wildman–Crippen MR) is 72.5 cm³/mol. The molecule has 0 aliphatic heterocycles. The van der Waals surface area contributed by atoms with Crippen molar-refractivity contribution in [2.45, 2.75) is 26.3 Å². The summed E-state index contributed by atoms with van der Waals surface area (Å²) in [5.74, 6) is 0.168. The molecule has 1 unspecified atom stereocenters. The average molecular weight is 275 g/mol. The van der Waals surface area contributed by atoms with Crippen LogP contribution in [-0.4, -0.2) is 11.9 Å². The summed E-state index contributed by atoms with van der Waals surface area (Å²) in [7, 11) is 0. The van der Waals surface area contributed by atoms with E-state index in [1.54, 1.807) is 18.2 Å². The van der Waals surface area contributed by atoms with Gasteiger partial charge in [-0.25, -0.2) is 0 Å². The second-order valence-corrected chi connectivity index (χ2v) is 5.17. The van der Waals surface area contributed by atoms with Crippen LogP contribution in [0.3, 0.4) is 0 Å². The number of rotatable bonds is 4. The van der Waals surface area contributed by atoms with E-state index in [1.807, 2.05) is 13.8 Å². The SMILES string of the molecule is CC(C)CC(N)C(=O)Nc1ccc(Cl)c(Cl)c1. The summed E-state index contributed by atoms with van der Waals surface area (Å²) in [5.41, 5.74) is 6.36. The summed E-state index contributed by atoms with van der Waals surface area (Å²) < 4.78 is 0. The highest BCUT2D eigenvalue weighted by Crippen LogP contribution is 2.25. The number of nitrogens with two attached hydrogens (primary N) is 1. The van der Waals surface area contributed by atoms with E-state index in [9.17, 15) is 4.79 Å². The van der Waals surface area contributed by atoms with Gasteiger partial charge in [-0.2, -0.15) is 0 Å². The average Bonchev–Trinajstić information content (AvgIpc) is 2.22. The van der Waals surface area contributed by atoms with Crippen molar-refractivity contribution in [1.82, 2.24) is 0 Å². The van der Waals surface area contributed by atoms with Crippen molar-refractivity contribution >= 4 is 34.8 Å². The van der Waals surface area contributed by atoms with Crippen molar-refractivity contribution in [3.8, 4) is 0 Å². The maximum Gasteiger partial charge on any atom is 0.241 e. The highest BCUT2D eigenvalue weighted by atomic mass is 35.5. The van der Waals surface area contributed by atoms with E-state index >= 15 is 0 Å². The molecule has 3 nitrogen and oxygen atoms in total. The monoisotopic (exact) mass is 274 g/mol. The van der Waals surface area contributed by atoms with Crippen molar-refractivity contribution in [1.29, 1.82) is 0 Å². The van der Waals surface area contributed by atoms with E-state index in [1.165, 1.54) is 0 Å². The van der Waals surface area contributed by atoms with Crippen molar-refractivity contribution in [2.24, 2.45) is 11.7 Å². The molecule has 5 heteroatoms. The molecule has 0 aliphatic rings. The van der Waals surface area contributed by atoms with Crippen LogP contribution < -0.4 is 11.1 Å². The molecular weight excluding hydrogens is 259 g/mol. The van der Waals surface area contributed by atoms with Gasteiger partial charge < -0.3 is 11.1 Å². The first kappa shape index (κ1) is 14.3. The van der Waals surface area contributed by atoms with E-state index in [0.717, 1.165) is 0 Å². The van der Waals surface area contributed by atoms with Crippen LogP contribution in [0.2, 0.25) is 10.0 Å². The number of benzene rings is 1. The standard InChI is InChI=1S/C12H16Cl2N2O/c1-7(2)5-11(15)12(17)16-8-3-4-9(13)10(14)6-8/h3-4,6-7,11H,5,15H2,1-2H3,(H,16,17). The molecule has 0 bridgehead atoms. The van der Waals surface area contributed by atoms with Gasteiger partial charge in [-0.05, 0) is 30.5 Å². The Morgan fingerprint density at radius 3 is 2.53 bits per heavy atom. The van der Waals surface area contributed by atoms with Gasteiger partial charge in [-0.15, -0.1) is 0 Å². The maximum absolute atomic E-state index is 11.7. The van der Waals surface area contributed by atoms with Crippen LogP contribution in [0, 0.1) is 5.92 Å². The molecule has 0 heterocycles. The number of hydrogen-bond donors (Lipinski definition) is 2. The molecule has 0 fully saturated rings. The Hall–Kier alpha value is -0.770. The summed E-state index contributed by atoms with van der Waals surface area (Å²) in [5, 5.41) is 3.57. The molecule has 94 valence electrons. The van der Waals surface area contributed by atoms with Gasteiger partial charge in [-0.1, -0.05) is 37.0 Å². The fourth-order valence-corrected chi connectivity index (χ4v) is 1.72. The van der Waals surface area contributed by atoms with Gasteiger partial charge in [-0.3, -0.25) is 4.79 Å². The minimum Gasteiger partial charge on any atom is -0.325 e. The Morgan fingerprint density at radius 2 is 2.00 bits per heavy atom. The fourth-order valence-electron chi connectivity index (χ4n) is 1.42. The Bertz CT molecular complexity index is 407. The summed E-state index contributed by atoms with van der Waals surface area (Å²) >= 11 is 11.6. The normalized spacial score (nSPS) is 12.6. The van der Waals surface area contributed by atoms with Crippen LogP contribution in [0.1, 0.15) is 20.3 Å². The van der Waals surface area contributed by atoms with E-state index in [0.29, 0.717) is 28.1 Å². The lowest BCUT2D eigenvalue weighted by atomic mass is 10.0. The zero-order valence-electron chi connectivity index (χ0n) is 9.84. The van der Waals surface area contributed by atoms with Gasteiger partial charge in [0.2, 0.25) is 5.91 Å². The minimum absolute atomic E-state index is 0.211. The van der Waals surface area contributed by atoms with Gasteiger partial charge >= 0.3 is 0 Å². The second-order valence-electron chi connectivity index (χ2n) is 4.35. The largest absolute Gasteiger partial charge is 0.325 e. The van der Waals surface area contributed by atoms with E-state index in [-0.39, 0.29) is 5.91 Å². The van der Waals surface area contributed by atoms with E-state index in [2.05, 4.69) is 5.32 Å². The molecule has 0 saturated carbocycles. The summed E-state index contributed by atoms with van der Waals surface area (Å²) in [6, 6.07) is 4.41. The lowest BCUT2D eigenvalue weighted by Crippen LogP contribution is -2.36. The topological polar surface area (TPSA) is 55.1 Å². The number of halogens is 2. The highest BCUT2D eigenvalue weighted by molar-refractivity contribution is 6.42. The number of hydrogen-bond acceptors (Lipinski definition) is 2. The summed E-state index contributed by atoms with van der Waals surface area (Å²) in [6.45, 7) is 4.04. The molecule has 0 spiro atoms. The number of nitrogens with one attached hydrogen (secondary N) is 1. The van der Waals surface area contributed by atoms with Gasteiger partial charge in [0.05, 0.1) is 16.1 Å². The third-order valence-electron chi connectivity index (χ3n) is 2.25. The molecule has 0 aliphatic carbocycles. The molecule has 17 heavy (non-hydrogen) atoms. The van der Waals surface area contributed by atoms with E-state index < -0.39 is 6.04 Å². The quantitative estimate of drug-likeness (QED) is 0.885. The van der Waals surface area contributed by atoms with Crippen molar-refractivity contribution < 1.29 is 4.79 Å². The van der Waals surface area contributed by atoms with Gasteiger partial charge in [0.15, 0.2) is 0 Å². The van der Waals surface area contributed by atoms with Crippen LogP contribution in [-0.2, 0) is 4.79 Å². The van der Waals surface area contributed by atoms with Crippen molar-refractivity contribution in [3.63, 3.8) is 0 Å². The van der Waals surface area contributed by atoms with Crippen LogP contribution in [0.4, 0.5) is 5.69 Å². The zero-order valence-corrected chi connectivity index (χ0v) is 11.3. The molecule has 3 N–H and O–H groups in total. The predicted octanol–water partition coefficient (Wildman–Crippen LogP) is 3.31. The minimum atomic E-state index is -0.510. The number of anilines is 1. The Balaban J connectivity index is 2.64. The number of amides is 1. The maximum atomic E-state index is 11.7. The van der Waals surface area contributed by atoms with Crippen LogP contribution in [0.25, 0.3) is 0 Å². The van der Waals surface area contributed by atoms with Gasteiger partial charge in [0, 0.05) is 5.69 Å². The second kappa shape index (κ2) is 6.24. The summed E-state index contributed by atoms with van der Waals surface area (Å²) in [4.78, 5) is 11.7. The van der Waals surface area contributed by atoms with Crippen molar-refractivity contribution in [3.05, 3.63) is 28.2 Å². The van der Waals surface area contributed by atoms with Crippen molar-refractivity contribution in [2.75, 3.05) is 5.32 Å².